The lowest BCUT2D eigenvalue weighted by Crippen LogP contribution is -2.21. The van der Waals surface area contributed by atoms with E-state index < -0.39 is 0 Å². The fourth-order valence-electron chi connectivity index (χ4n) is 2.03. The lowest BCUT2D eigenvalue weighted by atomic mass is 9.91. The highest BCUT2D eigenvalue weighted by atomic mass is 15.0. The SMILES string of the molecule is CC1NCC2(CC2)C1C. The average Bonchev–Trinajstić information content (AvgIpc) is 2.57. The van der Waals surface area contributed by atoms with Gasteiger partial charge in [-0.05, 0) is 31.1 Å². The molecule has 2 atom stereocenters. The molecule has 2 aliphatic rings. The second kappa shape index (κ2) is 1.51. The molecular formula is C8H15N. The number of hydrogen-bond donors (Lipinski definition) is 1. The van der Waals surface area contributed by atoms with Gasteiger partial charge in [-0.25, -0.2) is 0 Å². The summed E-state index contributed by atoms with van der Waals surface area (Å²) in [5.74, 6) is 0.928. The molecule has 1 saturated carbocycles. The van der Waals surface area contributed by atoms with Gasteiger partial charge in [-0.1, -0.05) is 6.92 Å². The van der Waals surface area contributed by atoms with Crippen molar-refractivity contribution in [1.29, 1.82) is 0 Å². The van der Waals surface area contributed by atoms with Crippen LogP contribution in [0.4, 0.5) is 0 Å². The van der Waals surface area contributed by atoms with Gasteiger partial charge in [0.15, 0.2) is 0 Å². The smallest absolute Gasteiger partial charge is 0.00703 e. The van der Waals surface area contributed by atoms with E-state index in [-0.39, 0.29) is 0 Å². The summed E-state index contributed by atoms with van der Waals surface area (Å²) < 4.78 is 0. The maximum Gasteiger partial charge on any atom is 0.00703 e. The highest BCUT2D eigenvalue weighted by Gasteiger charge is 2.52. The van der Waals surface area contributed by atoms with Crippen molar-refractivity contribution in [2.45, 2.75) is 32.7 Å². The van der Waals surface area contributed by atoms with Crippen molar-refractivity contribution >= 4 is 0 Å². The van der Waals surface area contributed by atoms with E-state index in [4.69, 9.17) is 0 Å². The molecule has 0 aromatic heterocycles. The Labute approximate surface area is 56.8 Å². The first-order valence-corrected chi connectivity index (χ1v) is 3.98. The molecule has 1 aliphatic heterocycles. The topological polar surface area (TPSA) is 12.0 Å². The molecule has 1 N–H and O–H groups in total. The lowest BCUT2D eigenvalue weighted by Gasteiger charge is -2.13. The Morgan fingerprint density at radius 1 is 1.33 bits per heavy atom. The van der Waals surface area contributed by atoms with Gasteiger partial charge in [0.2, 0.25) is 0 Å². The summed E-state index contributed by atoms with van der Waals surface area (Å²) >= 11 is 0. The molecule has 0 aromatic rings. The van der Waals surface area contributed by atoms with Crippen molar-refractivity contribution < 1.29 is 0 Å². The van der Waals surface area contributed by atoms with Crippen LogP contribution in [0.2, 0.25) is 0 Å². The molecule has 0 bridgehead atoms. The highest BCUT2D eigenvalue weighted by Crippen LogP contribution is 2.55. The molecule has 9 heavy (non-hydrogen) atoms. The largest absolute Gasteiger partial charge is 0.313 e. The van der Waals surface area contributed by atoms with Gasteiger partial charge in [0.05, 0.1) is 0 Å². The van der Waals surface area contributed by atoms with Gasteiger partial charge in [0.25, 0.3) is 0 Å². The van der Waals surface area contributed by atoms with Gasteiger partial charge < -0.3 is 5.32 Å². The second-order valence-corrected chi connectivity index (χ2v) is 3.82. The minimum Gasteiger partial charge on any atom is -0.313 e. The first-order valence-electron chi connectivity index (χ1n) is 3.98. The molecule has 1 heteroatoms. The normalized spacial score (nSPS) is 46.0. The van der Waals surface area contributed by atoms with Crippen LogP contribution in [0.5, 0.6) is 0 Å². The molecule has 0 aromatic carbocycles. The van der Waals surface area contributed by atoms with Crippen molar-refractivity contribution in [3.05, 3.63) is 0 Å². The first kappa shape index (κ1) is 5.72. The molecule has 1 aliphatic carbocycles. The van der Waals surface area contributed by atoms with E-state index in [9.17, 15) is 0 Å². The van der Waals surface area contributed by atoms with Crippen LogP contribution in [0.25, 0.3) is 0 Å². The van der Waals surface area contributed by atoms with Gasteiger partial charge in [0.1, 0.15) is 0 Å². The summed E-state index contributed by atoms with van der Waals surface area (Å²) in [6.07, 6.45) is 2.96. The fourth-order valence-corrected chi connectivity index (χ4v) is 2.03. The number of nitrogens with one attached hydrogen (secondary N) is 1. The van der Waals surface area contributed by atoms with Crippen LogP contribution in [-0.4, -0.2) is 12.6 Å². The van der Waals surface area contributed by atoms with Crippen LogP contribution >= 0.6 is 0 Å². The zero-order valence-electron chi connectivity index (χ0n) is 6.28. The lowest BCUT2D eigenvalue weighted by molar-refractivity contribution is 0.389. The molecule has 0 amide bonds. The van der Waals surface area contributed by atoms with E-state index in [1.54, 1.807) is 0 Å². The van der Waals surface area contributed by atoms with Gasteiger partial charge in [-0.3, -0.25) is 0 Å². The summed E-state index contributed by atoms with van der Waals surface area (Å²) in [6, 6.07) is 0.771. The molecule has 52 valence electrons. The standard InChI is InChI=1S/C8H15N/c1-6-7(2)9-5-8(6)3-4-8/h6-7,9H,3-5H2,1-2H3. The average molecular weight is 125 g/mol. The molecular weight excluding hydrogens is 110 g/mol. The second-order valence-electron chi connectivity index (χ2n) is 3.82. The van der Waals surface area contributed by atoms with Gasteiger partial charge >= 0.3 is 0 Å². The van der Waals surface area contributed by atoms with Crippen LogP contribution in [0.1, 0.15) is 26.7 Å². The first-order chi connectivity index (χ1) is 4.25. The molecule has 1 heterocycles. The van der Waals surface area contributed by atoms with Crippen LogP contribution in [0.15, 0.2) is 0 Å². The fraction of sp³-hybridized carbons (Fsp3) is 1.00. The third kappa shape index (κ3) is 0.644. The Morgan fingerprint density at radius 3 is 2.22 bits per heavy atom. The molecule has 1 nitrogen and oxygen atoms in total. The Morgan fingerprint density at radius 2 is 2.00 bits per heavy atom. The quantitative estimate of drug-likeness (QED) is 0.516. The van der Waals surface area contributed by atoms with E-state index in [0.29, 0.717) is 0 Å². The van der Waals surface area contributed by atoms with Crippen molar-refractivity contribution in [3.8, 4) is 0 Å². The zero-order valence-corrected chi connectivity index (χ0v) is 6.28. The van der Waals surface area contributed by atoms with E-state index in [2.05, 4.69) is 19.2 Å². The Hall–Kier alpha value is -0.0400. The Kier molecular flexibility index (Phi) is 0.963. The summed E-state index contributed by atoms with van der Waals surface area (Å²) in [7, 11) is 0. The maximum atomic E-state index is 3.52. The Bertz CT molecular complexity index is 127. The molecule has 1 saturated heterocycles. The molecule has 0 radical (unpaired) electrons. The van der Waals surface area contributed by atoms with E-state index >= 15 is 0 Å². The van der Waals surface area contributed by atoms with Gasteiger partial charge in [0, 0.05) is 12.6 Å². The molecule has 2 unspecified atom stereocenters. The minimum atomic E-state index is 0.763. The van der Waals surface area contributed by atoms with Crippen LogP contribution in [0, 0.1) is 11.3 Å². The van der Waals surface area contributed by atoms with Gasteiger partial charge in [-0.2, -0.15) is 0 Å². The monoisotopic (exact) mass is 125 g/mol. The van der Waals surface area contributed by atoms with E-state index in [1.807, 2.05) is 0 Å². The van der Waals surface area contributed by atoms with Crippen LogP contribution < -0.4 is 5.32 Å². The van der Waals surface area contributed by atoms with Gasteiger partial charge in [-0.15, -0.1) is 0 Å². The maximum absolute atomic E-state index is 3.52. The van der Waals surface area contributed by atoms with Crippen LogP contribution in [-0.2, 0) is 0 Å². The molecule has 2 fully saturated rings. The summed E-state index contributed by atoms with van der Waals surface area (Å²) in [5.41, 5.74) is 0.763. The van der Waals surface area contributed by atoms with E-state index in [0.717, 1.165) is 17.4 Å². The predicted molar refractivity (Wildman–Crippen MR) is 38.3 cm³/mol. The predicted octanol–water partition coefficient (Wildman–Crippen LogP) is 1.39. The third-order valence-corrected chi connectivity index (χ3v) is 3.38. The van der Waals surface area contributed by atoms with Crippen molar-refractivity contribution in [2.24, 2.45) is 11.3 Å². The summed E-state index contributed by atoms with van der Waals surface area (Å²) in [5, 5.41) is 3.52. The minimum absolute atomic E-state index is 0.763. The molecule has 1 spiro atoms. The molecule has 2 rings (SSSR count). The third-order valence-electron chi connectivity index (χ3n) is 3.38. The number of hydrogen-bond acceptors (Lipinski definition) is 1. The van der Waals surface area contributed by atoms with Crippen molar-refractivity contribution in [1.82, 2.24) is 5.32 Å². The van der Waals surface area contributed by atoms with E-state index in [1.165, 1.54) is 19.4 Å². The zero-order chi connectivity index (χ0) is 6.48. The summed E-state index contributed by atoms with van der Waals surface area (Å²) in [4.78, 5) is 0. The van der Waals surface area contributed by atoms with Crippen LogP contribution in [0.3, 0.4) is 0 Å². The number of rotatable bonds is 0. The Balaban J connectivity index is 2.13. The summed E-state index contributed by atoms with van der Waals surface area (Å²) in [6.45, 7) is 5.98. The highest BCUT2D eigenvalue weighted by molar-refractivity contribution is 5.06. The van der Waals surface area contributed by atoms with Crippen molar-refractivity contribution in [3.63, 3.8) is 0 Å². The van der Waals surface area contributed by atoms with Crippen molar-refractivity contribution in [2.75, 3.05) is 6.54 Å².